The molecule has 10 heteroatoms. The van der Waals surface area contributed by atoms with Crippen LogP contribution in [-0.2, 0) is 14.3 Å². The van der Waals surface area contributed by atoms with E-state index in [4.69, 9.17) is 27.9 Å². The number of amides is 2. The molecule has 1 aromatic carbocycles. The predicted octanol–water partition coefficient (Wildman–Crippen LogP) is 2.04. The molecule has 1 heterocycles. The number of hydrogen-bond acceptors (Lipinski definition) is 6. The van der Waals surface area contributed by atoms with Crippen molar-refractivity contribution < 1.29 is 19.1 Å². The van der Waals surface area contributed by atoms with Gasteiger partial charge in [-0.3, -0.25) is 14.6 Å². The van der Waals surface area contributed by atoms with E-state index in [9.17, 15) is 14.4 Å². The summed E-state index contributed by atoms with van der Waals surface area (Å²) in [5.41, 5.74) is 0.430. The molecule has 0 fully saturated rings. The molecule has 0 aliphatic heterocycles. The Bertz CT molecular complexity index is 817. The van der Waals surface area contributed by atoms with Crippen molar-refractivity contribution in [1.82, 2.24) is 14.9 Å². The van der Waals surface area contributed by atoms with Crippen LogP contribution in [0.1, 0.15) is 10.5 Å². The van der Waals surface area contributed by atoms with Gasteiger partial charge in [0, 0.05) is 25.1 Å². The zero-order valence-corrected chi connectivity index (χ0v) is 15.1. The third kappa shape index (κ3) is 5.68. The first-order chi connectivity index (χ1) is 12.4. The van der Waals surface area contributed by atoms with E-state index >= 15 is 0 Å². The van der Waals surface area contributed by atoms with Crippen LogP contribution in [0.25, 0.3) is 0 Å². The Hall–Kier alpha value is -2.71. The second-order valence-electron chi connectivity index (χ2n) is 5.09. The second kappa shape index (κ2) is 9.12. The SMILES string of the molecule is CN(CC(=O)Nc1ccc(Cl)c(Cl)c1)C(=O)COC(=O)c1cnccn1. The fraction of sp³-hybridized carbons (Fsp3) is 0.188. The Kier molecular flexibility index (Phi) is 6.88. The minimum atomic E-state index is -0.778. The van der Waals surface area contributed by atoms with Crippen LogP contribution in [0.2, 0.25) is 10.0 Å². The van der Waals surface area contributed by atoms with Crippen LogP contribution in [0.5, 0.6) is 0 Å². The van der Waals surface area contributed by atoms with Crippen LogP contribution in [0.4, 0.5) is 5.69 Å². The van der Waals surface area contributed by atoms with Gasteiger partial charge < -0.3 is 15.0 Å². The number of esters is 1. The number of ether oxygens (including phenoxy) is 1. The van der Waals surface area contributed by atoms with Crippen LogP contribution in [0.15, 0.2) is 36.8 Å². The summed E-state index contributed by atoms with van der Waals surface area (Å²) in [4.78, 5) is 44.2. The van der Waals surface area contributed by atoms with Gasteiger partial charge >= 0.3 is 5.97 Å². The highest BCUT2D eigenvalue weighted by molar-refractivity contribution is 6.42. The van der Waals surface area contributed by atoms with E-state index in [1.54, 1.807) is 12.1 Å². The third-order valence-electron chi connectivity index (χ3n) is 3.11. The maximum Gasteiger partial charge on any atom is 0.359 e. The van der Waals surface area contributed by atoms with Gasteiger partial charge in [-0.05, 0) is 18.2 Å². The molecular weight excluding hydrogens is 383 g/mol. The van der Waals surface area contributed by atoms with Gasteiger partial charge in [-0.25, -0.2) is 9.78 Å². The summed E-state index contributed by atoms with van der Waals surface area (Å²) in [7, 11) is 1.41. The summed E-state index contributed by atoms with van der Waals surface area (Å²) in [5.74, 6) is -1.77. The topological polar surface area (TPSA) is 101 Å². The number of carbonyl (C=O) groups is 3. The van der Waals surface area contributed by atoms with Gasteiger partial charge in [0.25, 0.3) is 5.91 Å². The highest BCUT2D eigenvalue weighted by Gasteiger charge is 2.17. The number of likely N-dealkylation sites (N-methyl/N-ethyl adjacent to an activating group) is 1. The molecule has 0 unspecified atom stereocenters. The maximum atomic E-state index is 12.0. The normalized spacial score (nSPS) is 10.1. The first-order valence-electron chi connectivity index (χ1n) is 7.29. The van der Waals surface area contributed by atoms with Crippen molar-refractivity contribution in [3.05, 3.63) is 52.5 Å². The molecule has 2 aromatic rings. The van der Waals surface area contributed by atoms with E-state index < -0.39 is 24.4 Å². The van der Waals surface area contributed by atoms with E-state index in [0.29, 0.717) is 15.7 Å². The molecule has 0 saturated heterocycles. The first-order valence-corrected chi connectivity index (χ1v) is 8.04. The molecule has 1 aromatic heterocycles. The highest BCUT2D eigenvalue weighted by Crippen LogP contribution is 2.24. The van der Waals surface area contributed by atoms with Crippen molar-refractivity contribution in [1.29, 1.82) is 0 Å². The monoisotopic (exact) mass is 396 g/mol. The first kappa shape index (κ1) is 19.6. The van der Waals surface area contributed by atoms with Crippen molar-refractivity contribution >= 4 is 46.7 Å². The van der Waals surface area contributed by atoms with Crippen LogP contribution in [-0.4, -0.2) is 52.9 Å². The minimum Gasteiger partial charge on any atom is -0.451 e. The number of benzene rings is 1. The van der Waals surface area contributed by atoms with Crippen molar-refractivity contribution in [3.8, 4) is 0 Å². The second-order valence-corrected chi connectivity index (χ2v) is 5.91. The van der Waals surface area contributed by atoms with Crippen LogP contribution in [0.3, 0.4) is 0 Å². The standard InChI is InChI=1S/C16H14Cl2N4O4/c1-22(8-14(23)21-10-2-3-11(17)12(18)6-10)15(24)9-26-16(25)13-7-19-4-5-20-13/h2-7H,8-9H2,1H3,(H,21,23). The molecule has 0 aliphatic carbocycles. The molecule has 2 rings (SSSR count). The molecule has 0 aliphatic rings. The lowest BCUT2D eigenvalue weighted by molar-refractivity contribution is -0.136. The van der Waals surface area contributed by atoms with Gasteiger partial charge in [0.05, 0.1) is 22.8 Å². The average molecular weight is 397 g/mol. The summed E-state index contributed by atoms with van der Waals surface area (Å²) < 4.78 is 4.84. The van der Waals surface area contributed by atoms with Gasteiger partial charge in [-0.15, -0.1) is 0 Å². The van der Waals surface area contributed by atoms with Gasteiger partial charge in [-0.1, -0.05) is 23.2 Å². The smallest absolute Gasteiger partial charge is 0.359 e. The molecule has 0 spiro atoms. The number of nitrogens with one attached hydrogen (secondary N) is 1. The Morgan fingerprint density at radius 2 is 1.96 bits per heavy atom. The number of carbonyl (C=O) groups excluding carboxylic acids is 3. The summed E-state index contributed by atoms with van der Waals surface area (Å²) in [6.07, 6.45) is 3.96. The average Bonchev–Trinajstić information content (AvgIpc) is 2.63. The van der Waals surface area contributed by atoms with E-state index in [1.165, 1.54) is 31.7 Å². The fourth-order valence-electron chi connectivity index (χ4n) is 1.79. The number of halogens is 2. The Morgan fingerprint density at radius 3 is 2.62 bits per heavy atom. The summed E-state index contributed by atoms with van der Waals surface area (Å²) in [6, 6.07) is 4.61. The number of nitrogens with zero attached hydrogens (tertiary/aromatic N) is 3. The quantitative estimate of drug-likeness (QED) is 0.749. The van der Waals surface area contributed by atoms with Crippen molar-refractivity contribution in [2.45, 2.75) is 0 Å². The van der Waals surface area contributed by atoms with Gasteiger partial charge in [0.2, 0.25) is 5.91 Å². The van der Waals surface area contributed by atoms with Crippen LogP contribution < -0.4 is 5.32 Å². The van der Waals surface area contributed by atoms with Gasteiger partial charge in [0.15, 0.2) is 12.3 Å². The zero-order chi connectivity index (χ0) is 19.1. The minimum absolute atomic E-state index is 0.0136. The zero-order valence-electron chi connectivity index (χ0n) is 13.6. The van der Waals surface area contributed by atoms with Crippen molar-refractivity contribution in [3.63, 3.8) is 0 Å². The molecular formula is C16H14Cl2N4O4. The van der Waals surface area contributed by atoms with Gasteiger partial charge in [-0.2, -0.15) is 0 Å². The van der Waals surface area contributed by atoms with E-state index in [0.717, 1.165) is 4.90 Å². The highest BCUT2D eigenvalue weighted by atomic mass is 35.5. The van der Waals surface area contributed by atoms with Crippen molar-refractivity contribution in [2.75, 3.05) is 25.5 Å². The Morgan fingerprint density at radius 1 is 1.19 bits per heavy atom. The summed E-state index contributed by atoms with van der Waals surface area (Å²) >= 11 is 11.7. The van der Waals surface area contributed by atoms with E-state index in [1.807, 2.05) is 0 Å². The fourth-order valence-corrected chi connectivity index (χ4v) is 2.09. The van der Waals surface area contributed by atoms with E-state index in [2.05, 4.69) is 15.3 Å². The molecule has 0 saturated carbocycles. The summed E-state index contributed by atoms with van der Waals surface area (Å²) in [5, 5.41) is 3.24. The maximum absolute atomic E-state index is 12.0. The molecule has 0 radical (unpaired) electrons. The van der Waals surface area contributed by atoms with E-state index in [-0.39, 0.29) is 12.2 Å². The van der Waals surface area contributed by atoms with Gasteiger partial charge in [0.1, 0.15) is 0 Å². The molecule has 0 atom stereocenters. The Labute approximate surface area is 159 Å². The lowest BCUT2D eigenvalue weighted by Gasteiger charge is -2.16. The molecule has 0 bridgehead atoms. The third-order valence-corrected chi connectivity index (χ3v) is 3.85. The van der Waals surface area contributed by atoms with Crippen LogP contribution >= 0.6 is 23.2 Å². The molecule has 2 amide bonds. The number of rotatable bonds is 6. The van der Waals surface area contributed by atoms with Crippen molar-refractivity contribution in [2.24, 2.45) is 0 Å². The number of hydrogen-bond donors (Lipinski definition) is 1. The molecule has 26 heavy (non-hydrogen) atoms. The van der Waals surface area contributed by atoms with Crippen LogP contribution in [0, 0.1) is 0 Å². The molecule has 136 valence electrons. The molecule has 1 N–H and O–H groups in total. The largest absolute Gasteiger partial charge is 0.451 e. The molecule has 8 nitrogen and oxygen atoms in total. The number of anilines is 1. The number of aromatic nitrogens is 2. The lowest BCUT2D eigenvalue weighted by Crippen LogP contribution is -2.37. The Balaban J connectivity index is 1.81. The predicted molar refractivity (Wildman–Crippen MR) is 95.0 cm³/mol. The summed E-state index contributed by atoms with van der Waals surface area (Å²) in [6.45, 7) is -0.756. The lowest BCUT2D eigenvalue weighted by atomic mass is 10.3.